The highest BCUT2D eigenvalue weighted by Gasteiger charge is 2.41. The van der Waals surface area contributed by atoms with Gasteiger partial charge in [-0.1, -0.05) is 129 Å². The van der Waals surface area contributed by atoms with Crippen LogP contribution >= 0.6 is 0 Å². The highest BCUT2D eigenvalue weighted by atomic mass is 16.7. The van der Waals surface area contributed by atoms with Crippen molar-refractivity contribution in [1.82, 2.24) is 19.5 Å². The zero-order chi connectivity index (χ0) is 39.1. The van der Waals surface area contributed by atoms with Crippen LogP contribution in [0.15, 0.2) is 140 Å². The lowest BCUT2D eigenvalue weighted by atomic mass is 9.77. The summed E-state index contributed by atoms with van der Waals surface area (Å²) in [7, 11) is 4.71. The molecule has 8 nitrogen and oxygen atoms in total. The second-order valence-electron chi connectivity index (χ2n) is 14.7. The summed E-state index contributed by atoms with van der Waals surface area (Å²) in [5, 5.41) is 3.26. The molecule has 5 aromatic carbocycles. The Morgan fingerprint density at radius 1 is 0.727 bits per heavy atom. The summed E-state index contributed by atoms with van der Waals surface area (Å²) >= 11 is 0. The van der Waals surface area contributed by atoms with Crippen molar-refractivity contribution in [3.8, 4) is 5.75 Å². The zero-order valence-electron chi connectivity index (χ0n) is 32.9. The van der Waals surface area contributed by atoms with Gasteiger partial charge in [-0.05, 0) is 71.3 Å². The van der Waals surface area contributed by atoms with E-state index in [0.29, 0.717) is 12.1 Å². The number of carbonyl (C=O) groups is 2. The molecule has 0 N–H and O–H groups in total. The van der Waals surface area contributed by atoms with Crippen molar-refractivity contribution >= 4 is 22.6 Å². The van der Waals surface area contributed by atoms with Gasteiger partial charge in [0, 0.05) is 25.7 Å². The Morgan fingerprint density at radius 3 is 1.80 bits per heavy atom. The van der Waals surface area contributed by atoms with Crippen LogP contribution in [0, 0.1) is 5.92 Å². The number of benzene rings is 5. The summed E-state index contributed by atoms with van der Waals surface area (Å²) in [6.45, 7) is 8.23. The van der Waals surface area contributed by atoms with Gasteiger partial charge in [0.2, 0.25) is 5.91 Å². The van der Waals surface area contributed by atoms with Crippen molar-refractivity contribution in [2.45, 2.75) is 64.1 Å². The number of fused-ring (bicyclic) bond motifs is 1. The standard InChI is InChI=1S/C47H52N4O4/c1-33(2)27-34(3)51(45(52)35(4)36-23-24-38-29-43(54-6)26-25-37(38)28-36)44(46(53)49(5)55-7)30-42-31-50(32-48-42)47(39-17-11-8-12-18-39,40-19-13-9-14-20-40)41-21-15-10-16-22-41/h8-26,28-29,31-35,44H,27,30H2,1-7H3/t34-,35-,44-/m0/s1. The van der Waals surface area contributed by atoms with Crippen LogP contribution in [0.1, 0.15) is 68.0 Å². The van der Waals surface area contributed by atoms with Crippen LogP contribution in [0.25, 0.3) is 10.8 Å². The smallest absolute Gasteiger partial charge is 0.269 e. The number of methoxy groups -OCH3 is 1. The molecule has 2 amide bonds. The highest BCUT2D eigenvalue weighted by Crippen LogP contribution is 2.41. The van der Waals surface area contributed by atoms with Gasteiger partial charge in [-0.15, -0.1) is 0 Å². The molecule has 0 aliphatic rings. The zero-order valence-corrected chi connectivity index (χ0v) is 32.9. The van der Waals surface area contributed by atoms with E-state index < -0.39 is 17.5 Å². The average Bonchev–Trinajstić information content (AvgIpc) is 3.69. The molecule has 0 radical (unpaired) electrons. The second-order valence-corrected chi connectivity index (χ2v) is 14.7. The quantitative estimate of drug-likeness (QED) is 0.0778. The molecule has 0 fully saturated rings. The highest BCUT2D eigenvalue weighted by molar-refractivity contribution is 5.92. The largest absolute Gasteiger partial charge is 0.497 e. The van der Waals surface area contributed by atoms with Crippen LogP contribution in [-0.4, -0.2) is 64.7 Å². The van der Waals surface area contributed by atoms with Crippen molar-refractivity contribution in [3.63, 3.8) is 0 Å². The second kappa shape index (κ2) is 17.2. The molecule has 6 aromatic rings. The average molecular weight is 737 g/mol. The molecule has 284 valence electrons. The summed E-state index contributed by atoms with van der Waals surface area (Å²) in [6.07, 6.45) is 4.77. The Hall–Kier alpha value is -5.73. The van der Waals surface area contributed by atoms with Gasteiger partial charge >= 0.3 is 0 Å². The molecule has 0 unspecified atom stereocenters. The molecule has 0 saturated heterocycles. The number of amides is 2. The van der Waals surface area contributed by atoms with Crippen LogP contribution in [0.2, 0.25) is 0 Å². The first-order valence-electron chi connectivity index (χ1n) is 19.0. The maximum absolute atomic E-state index is 14.9. The minimum atomic E-state index is -0.888. The molecule has 1 heterocycles. The minimum absolute atomic E-state index is 0.129. The third-order valence-electron chi connectivity index (χ3n) is 10.7. The third kappa shape index (κ3) is 8.05. The number of likely N-dealkylation sites (N-methyl/N-ethyl adjacent to an activating group) is 1. The van der Waals surface area contributed by atoms with Crippen molar-refractivity contribution in [1.29, 1.82) is 0 Å². The van der Waals surface area contributed by atoms with Gasteiger partial charge < -0.3 is 14.2 Å². The van der Waals surface area contributed by atoms with Crippen LogP contribution in [0.4, 0.5) is 0 Å². The van der Waals surface area contributed by atoms with Gasteiger partial charge in [-0.2, -0.15) is 0 Å². The van der Waals surface area contributed by atoms with E-state index in [1.807, 2.05) is 74.9 Å². The van der Waals surface area contributed by atoms with Crippen molar-refractivity contribution < 1.29 is 19.2 Å². The van der Waals surface area contributed by atoms with E-state index in [1.165, 1.54) is 12.2 Å². The van der Waals surface area contributed by atoms with Gasteiger partial charge in [-0.3, -0.25) is 14.4 Å². The molecule has 0 aliphatic heterocycles. The fourth-order valence-corrected chi connectivity index (χ4v) is 7.92. The molecule has 55 heavy (non-hydrogen) atoms. The van der Waals surface area contributed by atoms with E-state index in [-0.39, 0.29) is 30.2 Å². The van der Waals surface area contributed by atoms with Crippen LogP contribution < -0.4 is 4.74 Å². The third-order valence-corrected chi connectivity index (χ3v) is 10.7. The number of aromatic nitrogens is 2. The topological polar surface area (TPSA) is 76.9 Å². The monoisotopic (exact) mass is 736 g/mol. The lowest BCUT2D eigenvalue weighted by Gasteiger charge is -2.39. The normalized spacial score (nSPS) is 13.3. The van der Waals surface area contributed by atoms with Crippen LogP contribution in [-0.2, 0) is 26.4 Å². The minimum Gasteiger partial charge on any atom is -0.497 e. The molecule has 0 aliphatic carbocycles. The first kappa shape index (κ1) is 39.0. The first-order chi connectivity index (χ1) is 26.6. The number of ether oxygens (including phenoxy) is 1. The van der Waals surface area contributed by atoms with E-state index >= 15 is 0 Å². The Balaban J connectivity index is 1.45. The number of nitrogens with zero attached hydrogens (tertiary/aromatic N) is 4. The van der Waals surface area contributed by atoms with Crippen molar-refractivity contribution in [2.75, 3.05) is 21.3 Å². The van der Waals surface area contributed by atoms with Gasteiger partial charge in [0.25, 0.3) is 5.91 Å². The van der Waals surface area contributed by atoms with E-state index in [4.69, 9.17) is 14.6 Å². The Labute approximate surface area is 325 Å². The summed E-state index contributed by atoms with van der Waals surface area (Å²) in [6, 6.07) is 42.0. The molecular formula is C47H52N4O4. The summed E-state index contributed by atoms with van der Waals surface area (Å²) in [5.41, 5.74) is 3.97. The Morgan fingerprint density at radius 2 is 1.27 bits per heavy atom. The maximum Gasteiger partial charge on any atom is 0.269 e. The fraction of sp³-hybridized carbons (Fsp3) is 0.298. The van der Waals surface area contributed by atoms with E-state index in [0.717, 1.165) is 38.8 Å². The van der Waals surface area contributed by atoms with Crippen LogP contribution in [0.3, 0.4) is 0 Å². The van der Waals surface area contributed by atoms with Gasteiger partial charge in [0.1, 0.15) is 17.3 Å². The summed E-state index contributed by atoms with van der Waals surface area (Å²) in [4.78, 5) is 41.6. The molecular weight excluding hydrogens is 685 g/mol. The SMILES string of the molecule is COc1ccc2cc([C@H](C)C(=O)N([C@@H](C)CC(C)C)[C@@H](Cc3cn(C(c4ccccc4)(c4ccccc4)c4ccccc4)cn3)C(=O)N(C)OC)ccc2c1. The Kier molecular flexibility index (Phi) is 12.2. The van der Waals surface area contributed by atoms with E-state index in [1.54, 1.807) is 19.1 Å². The lowest BCUT2D eigenvalue weighted by molar-refractivity contribution is -0.177. The molecule has 0 bridgehead atoms. The molecule has 6 rings (SSSR count). The molecule has 0 saturated carbocycles. The van der Waals surface area contributed by atoms with E-state index in [9.17, 15) is 9.59 Å². The number of imidazole rings is 1. The maximum atomic E-state index is 14.9. The fourth-order valence-electron chi connectivity index (χ4n) is 7.92. The number of carbonyl (C=O) groups excluding carboxylic acids is 2. The number of hydroxylamine groups is 2. The summed E-state index contributed by atoms with van der Waals surface area (Å²) in [5.74, 6) is 0.0886. The summed E-state index contributed by atoms with van der Waals surface area (Å²) < 4.78 is 7.57. The molecule has 3 atom stereocenters. The van der Waals surface area contributed by atoms with Crippen molar-refractivity contribution in [2.24, 2.45) is 5.92 Å². The lowest BCUT2D eigenvalue weighted by Crippen LogP contribution is -2.55. The predicted molar refractivity (Wildman–Crippen MR) is 219 cm³/mol. The number of rotatable bonds is 15. The Bertz CT molecular complexity index is 2090. The first-order valence-corrected chi connectivity index (χ1v) is 19.0. The number of hydrogen-bond donors (Lipinski definition) is 0. The predicted octanol–water partition coefficient (Wildman–Crippen LogP) is 8.88. The molecule has 0 spiro atoms. The van der Waals surface area contributed by atoms with Gasteiger partial charge in [0.15, 0.2) is 0 Å². The van der Waals surface area contributed by atoms with Crippen LogP contribution in [0.5, 0.6) is 5.75 Å². The van der Waals surface area contributed by atoms with Crippen molar-refractivity contribution in [3.05, 3.63) is 168 Å². The molecule has 1 aromatic heterocycles. The van der Waals surface area contributed by atoms with Gasteiger partial charge in [0.05, 0.1) is 32.2 Å². The molecule has 8 heteroatoms. The number of hydrogen-bond acceptors (Lipinski definition) is 5. The van der Waals surface area contributed by atoms with E-state index in [2.05, 4.69) is 97.3 Å². The van der Waals surface area contributed by atoms with Gasteiger partial charge in [-0.25, -0.2) is 10.0 Å².